The van der Waals surface area contributed by atoms with Crippen molar-refractivity contribution in [2.75, 3.05) is 16.8 Å². The third-order valence-corrected chi connectivity index (χ3v) is 2.46. The van der Waals surface area contributed by atoms with Crippen molar-refractivity contribution in [2.24, 2.45) is 0 Å². The highest BCUT2D eigenvalue weighted by molar-refractivity contribution is 5.90. The highest BCUT2D eigenvalue weighted by Crippen LogP contribution is 2.29. The number of anilines is 2. The van der Waals surface area contributed by atoms with Gasteiger partial charge in [-0.3, -0.25) is 9.59 Å². The number of amides is 2. The van der Waals surface area contributed by atoms with Gasteiger partial charge in [0.1, 0.15) is 0 Å². The molecule has 1 aromatic rings. The molecule has 0 bridgehead atoms. The van der Waals surface area contributed by atoms with Gasteiger partial charge in [-0.15, -0.1) is 0 Å². The summed E-state index contributed by atoms with van der Waals surface area (Å²) in [5.41, 5.74) is 2.78. The van der Waals surface area contributed by atoms with Crippen LogP contribution in [0.25, 0.3) is 0 Å². The molecule has 2 amide bonds. The number of benzene rings is 1. The van der Waals surface area contributed by atoms with E-state index in [1.807, 2.05) is 18.2 Å². The molecule has 1 aliphatic rings. The molecule has 0 saturated heterocycles. The highest BCUT2D eigenvalue weighted by Gasteiger charge is 2.18. The van der Waals surface area contributed by atoms with Crippen molar-refractivity contribution >= 4 is 23.7 Å². The van der Waals surface area contributed by atoms with Crippen molar-refractivity contribution in [1.29, 1.82) is 0 Å². The molecule has 0 fully saturated rings. The van der Waals surface area contributed by atoms with Gasteiger partial charge < -0.3 is 10.2 Å². The Morgan fingerprint density at radius 2 is 2.33 bits per heavy atom. The van der Waals surface area contributed by atoms with E-state index in [1.54, 1.807) is 4.90 Å². The lowest BCUT2D eigenvalue weighted by Gasteiger charge is -2.11. The Morgan fingerprint density at radius 3 is 3.00 bits per heavy atom. The molecule has 0 radical (unpaired) electrons. The maximum absolute atomic E-state index is 10.9. The molecule has 1 aromatic carbocycles. The second kappa shape index (κ2) is 3.73. The van der Waals surface area contributed by atoms with Crippen LogP contribution in [-0.4, -0.2) is 18.9 Å². The van der Waals surface area contributed by atoms with Crippen molar-refractivity contribution < 1.29 is 9.59 Å². The number of fused-ring (bicyclic) bond motifs is 1. The van der Waals surface area contributed by atoms with Gasteiger partial charge in [-0.25, -0.2) is 0 Å². The molecule has 4 heteroatoms. The smallest absolute Gasteiger partial charge is 0.221 e. The molecule has 1 heterocycles. The summed E-state index contributed by atoms with van der Waals surface area (Å²) < 4.78 is 0. The Hall–Kier alpha value is -1.84. The number of hydrogen-bond acceptors (Lipinski definition) is 2. The van der Waals surface area contributed by atoms with Crippen LogP contribution < -0.4 is 10.2 Å². The standard InChI is InChI=1S/C11H12N2O2/c1-8(15)12-10-3-2-9-4-5-13(7-14)11(9)6-10/h2-3,6-7H,4-5H2,1H3,(H,12,15). The summed E-state index contributed by atoms with van der Waals surface area (Å²) in [5, 5.41) is 2.70. The molecule has 0 atom stereocenters. The number of nitrogens with zero attached hydrogens (tertiary/aromatic N) is 1. The summed E-state index contributed by atoms with van der Waals surface area (Å²) in [4.78, 5) is 23.3. The fourth-order valence-electron chi connectivity index (χ4n) is 1.79. The minimum Gasteiger partial charge on any atom is -0.326 e. The van der Waals surface area contributed by atoms with E-state index in [0.717, 1.165) is 36.3 Å². The Balaban J connectivity index is 2.32. The number of nitrogens with one attached hydrogen (secondary N) is 1. The average Bonchev–Trinajstić information content (AvgIpc) is 2.59. The largest absolute Gasteiger partial charge is 0.326 e. The van der Waals surface area contributed by atoms with Crippen LogP contribution in [0.2, 0.25) is 0 Å². The Labute approximate surface area is 87.9 Å². The zero-order valence-electron chi connectivity index (χ0n) is 8.49. The van der Waals surface area contributed by atoms with Crippen LogP contribution in [0.1, 0.15) is 12.5 Å². The first-order valence-corrected chi connectivity index (χ1v) is 4.83. The predicted molar refractivity (Wildman–Crippen MR) is 57.9 cm³/mol. The van der Waals surface area contributed by atoms with Crippen LogP contribution in [-0.2, 0) is 16.0 Å². The summed E-state index contributed by atoms with van der Waals surface area (Å²) in [7, 11) is 0. The predicted octanol–water partition coefficient (Wildman–Crippen LogP) is 1.16. The van der Waals surface area contributed by atoms with Gasteiger partial charge in [-0.2, -0.15) is 0 Å². The SMILES string of the molecule is CC(=O)Nc1ccc2c(c1)N(C=O)CC2. The van der Waals surface area contributed by atoms with Gasteiger partial charge in [0.15, 0.2) is 0 Å². The summed E-state index contributed by atoms with van der Waals surface area (Å²) in [6, 6.07) is 5.64. The third kappa shape index (κ3) is 1.83. The van der Waals surface area contributed by atoms with E-state index in [-0.39, 0.29) is 5.91 Å². The van der Waals surface area contributed by atoms with Crippen molar-refractivity contribution in [3.8, 4) is 0 Å². The van der Waals surface area contributed by atoms with Gasteiger partial charge in [0.05, 0.1) is 0 Å². The van der Waals surface area contributed by atoms with E-state index in [9.17, 15) is 9.59 Å². The molecule has 1 N–H and O–H groups in total. The molecular formula is C11H12N2O2. The quantitative estimate of drug-likeness (QED) is 0.735. The average molecular weight is 204 g/mol. The number of hydrogen-bond donors (Lipinski definition) is 1. The lowest BCUT2D eigenvalue weighted by Crippen LogP contribution is -2.17. The zero-order chi connectivity index (χ0) is 10.8. The Kier molecular flexibility index (Phi) is 2.41. The maximum atomic E-state index is 10.9. The first-order valence-electron chi connectivity index (χ1n) is 4.83. The van der Waals surface area contributed by atoms with E-state index in [4.69, 9.17) is 0 Å². The summed E-state index contributed by atoms with van der Waals surface area (Å²) in [6.07, 6.45) is 1.71. The molecule has 78 valence electrons. The molecule has 0 aliphatic carbocycles. The fourth-order valence-corrected chi connectivity index (χ4v) is 1.79. The van der Waals surface area contributed by atoms with Crippen molar-refractivity contribution in [1.82, 2.24) is 0 Å². The lowest BCUT2D eigenvalue weighted by molar-refractivity contribution is -0.114. The minimum atomic E-state index is -0.106. The molecular weight excluding hydrogens is 192 g/mol. The monoisotopic (exact) mass is 204 g/mol. The van der Waals surface area contributed by atoms with Crippen LogP contribution in [0.4, 0.5) is 11.4 Å². The van der Waals surface area contributed by atoms with Gasteiger partial charge in [-0.1, -0.05) is 6.07 Å². The Bertz CT molecular complexity index is 415. The fraction of sp³-hybridized carbons (Fsp3) is 0.273. The summed E-state index contributed by atoms with van der Waals surface area (Å²) in [6.45, 7) is 2.19. The molecule has 2 rings (SSSR count). The molecule has 0 saturated carbocycles. The molecule has 1 aliphatic heterocycles. The van der Waals surface area contributed by atoms with Crippen LogP contribution >= 0.6 is 0 Å². The lowest BCUT2D eigenvalue weighted by atomic mass is 10.1. The second-order valence-corrected chi connectivity index (χ2v) is 3.57. The van der Waals surface area contributed by atoms with Crippen molar-refractivity contribution in [3.05, 3.63) is 23.8 Å². The van der Waals surface area contributed by atoms with Gasteiger partial charge in [0.2, 0.25) is 12.3 Å². The van der Waals surface area contributed by atoms with E-state index in [0.29, 0.717) is 0 Å². The summed E-state index contributed by atoms with van der Waals surface area (Å²) >= 11 is 0. The van der Waals surface area contributed by atoms with Crippen LogP contribution in [0.3, 0.4) is 0 Å². The molecule has 0 spiro atoms. The van der Waals surface area contributed by atoms with Gasteiger partial charge in [0.25, 0.3) is 0 Å². The molecule has 0 aromatic heterocycles. The van der Waals surface area contributed by atoms with E-state index in [1.165, 1.54) is 6.92 Å². The van der Waals surface area contributed by atoms with E-state index < -0.39 is 0 Å². The second-order valence-electron chi connectivity index (χ2n) is 3.57. The molecule has 0 unspecified atom stereocenters. The van der Waals surface area contributed by atoms with Gasteiger partial charge >= 0.3 is 0 Å². The normalized spacial score (nSPS) is 13.5. The van der Waals surface area contributed by atoms with Crippen LogP contribution in [0, 0.1) is 0 Å². The van der Waals surface area contributed by atoms with Gasteiger partial charge in [0, 0.05) is 24.8 Å². The molecule has 4 nitrogen and oxygen atoms in total. The minimum absolute atomic E-state index is 0.106. The van der Waals surface area contributed by atoms with E-state index in [2.05, 4.69) is 5.32 Å². The summed E-state index contributed by atoms with van der Waals surface area (Å²) in [5.74, 6) is -0.106. The van der Waals surface area contributed by atoms with Crippen LogP contribution in [0.15, 0.2) is 18.2 Å². The number of carbonyl (C=O) groups excluding carboxylic acids is 2. The van der Waals surface area contributed by atoms with E-state index >= 15 is 0 Å². The van der Waals surface area contributed by atoms with Crippen molar-refractivity contribution in [2.45, 2.75) is 13.3 Å². The number of carbonyl (C=O) groups is 2. The highest BCUT2D eigenvalue weighted by atomic mass is 16.1. The first-order chi connectivity index (χ1) is 7.20. The molecule has 15 heavy (non-hydrogen) atoms. The first kappa shape index (κ1) is 9.71. The number of rotatable bonds is 2. The zero-order valence-corrected chi connectivity index (χ0v) is 8.49. The van der Waals surface area contributed by atoms with Crippen molar-refractivity contribution in [3.63, 3.8) is 0 Å². The topological polar surface area (TPSA) is 49.4 Å². The van der Waals surface area contributed by atoms with Crippen LogP contribution in [0.5, 0.6) is 0 Å². The third-order valence-electron chi connectivity index (χ3n) is 2.46. The maximum Gasteiger partial charge on any atom is 0.221 e. The van der Waals surface area contributed by atoms with Gasteiger partial charge in [-0.05, 0) is 24.1 Å². The Morgan fingerprint density at radius 1 is 1.53 bits per heavy atom.